The molecule has 0 saturated heterocycles. The Morgan fingerprint density at radius 2 is 2.36 bits per heavy atom. The van der Waals surface area contributed by atoms with Crippen molar-refractivity contribution in [2.45, 2.75) is 19.8 Å². The molecule has 6 heteroatoms. The molecule has 3 heterocycles. The zero-order valence-electron chi connectivity index (χ0n) is 12.4. The van der Waals surface area contributed by atoms with E-state index in [1.165, 1.54) is 0 Å². The van der Waals surface area contributed by atoms with E-state index in [9.17, 15) is 9.59 Å². The summed E-state index contributed by atoms with van der Waals surface area (Å²) in [5.41, 5.74) is 3.01. The summed E-state index contributed by atoms with van der Waals surface area (Å²) in [4.78, 5) is 28.6. The van der Waals surface area contributed by atoms with Crippen LogP contribution in [0.5, 0.6) is 0 Å². The summed E-state index contributed by atoms with van der Waals surface area (Å²) in [7, 11) is 0. The van der Waals surface area contributed by atoms with E-state index < -0.39 is 17.9 Å². The molecule has 3 rings (SSSR count). The fourth-order valence-electron chi connectivity index (χ4n) is 2.83. The van der Waals surface area contributed by atoms with Crippen molar-refractivity contribution in [1.29, 1.82) is 0 Å². The van der Waals surface area contributed by atoms with Gasteiger partial charge in [-0.1, -0.05) is 6.07 Å². The van der Waals surface area contributed by atoms with Gasteiger partial charge in [0.2, 0.25) is 0 Å². The van der Waals surface area contributed by atoms with Gasteiger partial charge < -0.3 is 14.8 Å². The third kappa shape index (κ3) is 2.26. The molecule has 0 spiro atoms. The van der Waals surface area contributed by atoms with Crippen LogP contribution in [-0.2, 0) is 19.1 Å². The number of aromatic nitrogens is 1. The van der Waals surface area contributed by atoms with Gasteiger partial charge in [0.15, 0.2) is 0 Å². The minimum Gasteiger partial charge on any atom is -0.463 e. The highest BCUT2D eigenvalue weighted by Gasteiger charge is 2.41. The van der Waals surface area contributed by atoms with Crippen LogP contribution in [0.1, 0.15) is 25.3 Å². The molecule has 114 valence electrons. The lowest BCUT2D eigenvalue weighted by molar-refractivity contribution is -0.138. The Balaban J connectivity index is 2.13. The number of rotatable bonds is 3. The number of hydrogen-bond donors (Lipinski definition) is 1. The molecule has 0 radical (unpaired) electrons. The van der Waals surface area contributed by atoms with Gasteiger partial charge in [-0.15, -0.1) is 0 Å². The smallest absolute Gasteiger partial charge is 0.337 e. The number of esters is 2. The molecule has 1 atom stereocenters. The van der Waals surface area contributed by atoms with Crippen LogP contribution in [0, 0.1) is 0 Å². The van der Waals surface area contributed by atoms with Crippen molar-refractivity contribution in [1.82, 2.24) is 10.3 Å². The van der Waals surface area contributed by atoms with Crippen molar-refractivity contribution >= 4 is 11.9 Å². The number of nitrogens with zero attached hydrogens (tertiary/aromatic N) is 1. The van der Waals surface area contributed by atoms with E-state index in [4.69, 9.17) is 9.47 Å². The van der Waals surface area contributed by atoms with Gasteiger partial charge in [0.25, 0.3) is 0 Å². The summed E-state index contributed by atoms with van der Waals surface area (Å²) in [6.07, 6.45) is 3.30. The first-order chi connectivity index (χ1) is 10.6. The molecule has 1 unspecified atom stereocenters. The third-order valence-corrected chi connectivity index (χ3v) is 3.73. The number of nitrogens with one attached hydrogen (secondary N) is 1. The first-order valence-electron chi connectivity index (χ1n) is 7.08. The summed E-state index contributed by atoms with van der Waals surface area (Å²) in [6.45, 7) is 4.00. The maximum Gasteiger partial charge on any atom is 0.337 e. The molecule has 1 N–H and O–H groups in total. The van der Waals surface area contributed by atoms with Gasteiger partial charge in [0.05, 0.1) is 29.4 Å². The predicted octanol–water partition coefficient (Wildman–Crippen LogP) is 1.42. The summed E-state index contributed by atoms with van der Waals surface area (Å²) < 4.78 is 10.3. The standard InChI is InChI=1S/C16H16N2O4/c1-3-21-15(19)12-9(2)18-11-8-22-16(20)14(11)13(12)10-5-4-6-17-7-10/h4-7,13,18H,3,8H2,1-2H3. The van der Waals surface area contributed by atoms with Crippen LogP contribution in [0.4, 0.5) is 0 Å². The lowest BCUT2D eigenvalue weighted by Crippen LogP contribution is -2.30. The summed E-state index contributed by atoms with van der Waals surface area (Å²) in [5.74, 6) is -1.36. The molecule has 22 heavy (non-hydrogen) atoms. The van der Waals surface area contributed by atoms with Gasteiger partial charge >= 0.3 is 11.9 Å². The lowest BCUT2D eigenvalue weighted by Gasteiger charge is -2.27. The first-order valence-corrected chi connectivity index (χ1v) is 7.08. The second-order valence-electron chi connectivity index (χ2n) is 5.07. The van der Waals surface area contributed by atoms with E-state index in [0.717, 1.165) is 5.56 Å². The van der Waals surface area contributed by atoms with Crippen LogP contribution in [-0.4, -0.2) is 30.1 Å². The number of pyridine rings is 1. The van der Waals surface area contributed by atoms with E-state index in [2.05, 4.69) is 10.3 Å². The maximum atomic E-state index is 12.4. The highest BCUT2D eigenvalue weighted by molar-refractivity contribution is 6.01. The van der Waals surface area contributed by atoms with Crippen LogP contribution in [0.3, 0.4) is 0 Å². The quantitative estimate of drug-likeness (QED) is 0.851. The summed E-state index contributed by atoms with van der Waals surface area (Å²) in [5, 5.41) is 3.09. The molecule has 0 fully saturated rings. The SMILES string of the molecule is CCOC(=O)C1=C(C)NC2=C(C(=O)OC2)C1c1cccnc1. The van der Waals surface area contributed by atoms with Crippen LogP contribution in [0.25, 0.3) is 0 Å². The summed E-state index contributed by atoms with van der Waals surface area (Å²) >= 11 is 0. The number of hydrogen-bond acceptors (Lipinski definition) is 6. The van der Waals surface area contributed by atoms with Crippen molar-refractivity contribution < 1.29 is 19.1 Å². The molecular formula is C16H16N2O4. The molecule has 1 aromatic rings. The zero-order valence-corrected chi connectivity index (χ0v) is 12.4. The molecule has 6 nitrogen and oxygen atoms in total. The zero-order chi connectivity index (χ0) is 15.7. The summed E-state index contributed by atoms with van der Waals surface area (Å²) in [6, 6.07) is 3.61. The van der Waals surface area contributed by atoms with Crippen molar-refractivity contribution in [3.8, 4) is 0 Å². The molecule has 0 bridgehead atoms. The van der Waals surface area contributed by atoms with E-state index >= 15 is 0 Å². The number of carbonyl (C=O) groups is 2. The van der Waals surface area contributed by atoms with Gasteiger partial charge in [-0.2, -0.15) is 0 Å². The molecule has 0 aliphatic carbocycles. The van der Waals surface area contributed by atoms with Crippen molar-refractivity contribution in [3.05, 3.63) is 52.6 Å². The third-order valence-electron chi connectivity index (χ3n) is 3.73. The Bertz CT molecular complexity index is 691. The van der Waals surface area contributed by atoms with E-state index in [1.807, 2.05) is 6.07 Å². The van der Waals surface area contributed by atoms with Gasteiger partial charge in [-0.25, -0.2) is 9.59 Å². The van der Waals surface area contributed by atoms with Gasteiger partial charge in [-0.3, -0.25) is 4.98 Å². The highest BCUT2D eigenvalue weighted by Crippen LogP contribution is 2.40. The molecule has 2 aliphatic heterocycles. The Morgan fingerprint density at radius 3 is 3.05 bits per heavy atom. The molecule has 0 saturated carbocycles. The van der Waals surface area contributed by atoms with E-state index in [-0.39, 0.29) is 13.2 Å². The maximum absolute atomic E-state index is 12.4. The second-order valence-corrected chi connectivity index (χ2v) is 5.07. The lowest BCUT2D eigenvalue weighted by atomic mass is 9.81. The van der Waals surface area contributed by atoms with E-state index in [1.54, 1.807) is 32.3 Å². The van der Waals surface area contributed by atoms with Crippen LogP contribution in [0.2, 0.25) is 0 Å². The Kier molecular flexibility index (Phi) is 3.66. The van der Waals surface area contributed by atoms with Crippen LogP contribution in [0.15, 0.2) is 47.1 Å². The van der Waals surface area contributed by atoms with E-state index in [0.29, 0.717) is 22.5 Å². The number of carbonyl (C=O) groups excluding carboxylic acids is 2. The number of cyclic esters (lactones) is 1. The first kappa shape index (κ1) is 14.3. The Morgan fingerprint density at radius 1 is 1.55 bits per heavy atom. The number of dihydropyridines is 1. The normalized spacial score (nSPS) is 20.5. The van der Waals surface area contributed by atoms with Crippen molar-refractivity contribution in [2.75, 3.05) is 13.2 Å². The van der Waals surface area contributed by atoms with Gasteiger partial charge in [0.1, 0.15) is 6.61 Å². The Labute approximate surface area is 127 Å². The minimum atomic E-state index is -0.515. The number of ether oxygens (including phenoxy) is 2. The monoisotopic (exact) mass is 300 g/mol. The van der Waals surface area contributed by atoms with Crippen LogP contribution >= 0.6 is 0 Å². The van der Waals surface area contributed by atoms with Crippen molar-refractivity contribution in [2.24, 2.45) is 0 Å². The highest BCUT2D eigenvalue weighted by atomic mass is 16.5. The fourth-order valence-corrected chi connectivity index (χ4v) is 2.83. The predicted molar refractivity (Wildman–Crippen MR) is 77.4 cm³/mol. The average molecular weight is 300 g/mol. The molecule has 0 aromatic carbocycles. The van der Waals surface area contributed by atoms with Crippen LogP contribution < -0.4 is 5.32 Å². The van der Waals surface area contributed by atoms with Crippen molar-refractivity contribution in [3.63, 3.8) is 0 Å². The van der Waals surface area contributed by atoms with Gasteiger partial charge in [0, 0.05) is 18.1 Å². The Hall–Kier alpha value is -2.63. The minimum absolute atomic E-state index is 0.193. The average Bonchev–Trinajstić information content (AvgIpc) is 2.88. The molecule has 2 aliphatic rings. The molecular weight excluding hydrogens is 284 g/mol. The molecule has 0 amide bonds. The largest absolute Gasteiger partial charge is 0.463 e. The number of allylic oxidation sites excluding steroid dienone is 1. The fraction of sp³-hybridized carbons (Fsp3) is 0.312. The van der Waals surface area contributed by atoms with Gasteiger partial charge in [-0.05, 0) is 25.5 Å². The molecule has 1 aromatic heterocycles. The second kappa shape index (κ2) is 5.63. The topological polar surface area (TPSA) is 77.5 Å².